The van der Waals surface area contributed by atoms with Gasteiger partial charge in [0.05, 0.1) is 6.10 Å². The van der Waals surface area contributed by atoms with Crippen LogP contribution in [-0.2, 0) is 0 Å². The van der Waals surface area contributed by atoms with Crippen LogP contribution >= 0.6 is 15.9 Å². The maximum atomic E-state index is 9.12. The first-order chi connectivity index (χ1) is 6.59. The van der Waals surface area contributed by atoms with Crippen molar-refractivity contribution >= 4 is 15.9 Å². The molecular formula is C11H16BrNO. The Morgan fingerprint density at radius 3 is 2.36 bits per heavy atom. The van der Waals surface area contributed by atoms with E-state index in [0.29, 0.717) is 6.54 Å². The van der Waals surface area contributed by atoms with Gasteiger partial charge in [-0.15, -0.1) is 0 Å². The second-order valence-electron chi connectivity index (χ2n) is 3.53. The van der Waals surface area contributed by atoms with E-state index < -0.39 is 0 Å². The molecule has 0 aliphatic rings. The second kappa shape index (κ2) is 5.49. The first kappa shape index (κ1) is 11.7. The number of aliphatic hydroxyl groups excluding tert-OH is 1. The molecule has 2 nitrogen and oxygen atoms in total. The topological polar surface area (TPSA) is 32.3 Å². The van der Waals surface area contributed by atoms with Crippen LogP contribution in [0.25, 0.3) is 0 Å². The zero-order valence-corrected chi connectivity index (χ0v) is 10.1. The third-order valence-corrected chi connectivity index (χ3v) is 2.62. The zero-order chi connectivity index (χ0) is 10.6. The molecule has 0 bridgehead atoms. The van der Waals surface area contributed by atoms with Gasteiger partial charge in [-0.3, -0.25) is 0 Å². The van der Waals surface area contributed by atoms with Gasteiger partial charge in [-0.2, -0.15) is 0 Å². The summed E-state index contributed by atoms with van der Waals surface area (Å²) in [6.07, 6.45) is -0.298. The number of hydrogen-bond donors (Lipinski definition) is 2. The zero-order valence-electron chi connectivity index (χ0n) is 8.50. The highest BCUT2D eigenvalue weighted by molar-refractivity contribution is 9.10. The van der Waals surface area contributed by atoms with E-state index in [-0.39, 0.29) is 12.1 Å². The molecule has 1 rings (SSSR count). The molecule has 0 fully saturated rings. The average Bonchev–Trinajstić information content (AvgIpc) is 2.15. The lowest BCUT2D eigenvalue weighted by Gasteiger charge is -2.15. The van der Waals surface area contributed by atoms with Crippen LogP contribution in [-0.4, -0.2) is 17.8 Å². The summed E-state index contributed by atoms with van der Waals surface area (Å²) >= 11 is 3.40. The van der Waals surface area contributed by atoms with Gasteiger partial charge < -0.3 is 10.4 Å². The molecule has 78 valence electrons. The summed E-state index contributed by atoms with van der Waals surface area (Å²) in [5, 5.41) is 12.4. The normalized spacial score (nSPS) is 15.1. The lowest BCUT2D eigenvalue weighted by Crippen LogP contribution is -2.27. The number of aliphatic hydroxyl groups is 1. The van der Waals surface area contributed by atoms with Gasteiger partial charge in [0.2, 0.25) is 0 Å². The molecule has 14 heavy (non-hydrogen) atoms. The molecule has 0 unspecified atom stereocenters. The monoisotopic (exact) mass is 257 g/mol. The molecule has 0 saturated heterocycles. The Hall–Kier alpha value is -0.380. The van der Waals surface area contributed by atoms with Crippen molar-refractivity contribution in [3.8, 4) is 0 Å². The quantitative estimate of drug-likeness (QED) is 0.869. The van der Waals surface area contributed by atoms with Crippen LogP contribution in [0.2, 0.25) is 0 Å². The van der Waals surface area contributed by atoms with Crippen LogP contribution in [0.4, 0.5) is 0 Å². The van der Waals surface area contributed by atoms with E-state index in [1.54, 1.807) is 6.92 Å². The fraction of sp³-hybridized carbons (Fsp3) is 0.455. The first-order valence-electron chi connectivity index (χ1n) is 4.76. The Morgan fingerprint density at radius 1 is 1.29 bits per heavy atom. The van der Waals surface area contributed by atoms with E-state index in [1.165, 1.54) is 5.56 Å². The molecule has 3 heteroatoms. The van der Waals surface area contributed by atoms with E-state index in [0.717, 1.165) is 4.47 Å². The first-order valence-corrected chi connectivity index (χ1v) is 5.56. The molecule has 0 spiro atoms. The fourth-order valence-electron chi connectivity index (χ4n) is 1.22. The SMILES string of the molecule is C[C@H](NC[C@@H](C)O)c1ccc(Br)cc1. The van der Waals surface area contributed by atoms with Crippen molar-refractivity contribution < 1.29 is 5.11 Å². The summed E-state index contributed by atoms with van der Waals surface area (Å²) in [5.74, 6) is 0. The molecule has 0 heterocycles. The van der Waals surface area contributed by atoms with E-state index in [4.69, 9.17) is 5.11 Å². The fourth-order valence-corrected chi connectivity index (χ4v) is 1.48. The van der Waals surface area contributed by atoms with E-state index in [9.17, 15) is 0 Å². The Morgan fingerprint density at radius 2 is 1.86 bits per heavy atom. The predicted molar refractivity (Wildman–Crippen MR) is 62.2 cm³/mol. The molecule has 0 radical (unpaired) electrons. The molecule has 0 aromatic heterocycles. The minimum Gasteiger partial charge on any atom is -0.392 e. The number of hydrogen-bond acceptors (Lipinski definition) is 2. The van der Waals surface area contributed by atoms with Crippen molar-refractivity contribution in [2.45, 2.75) is 26.0 Å². The standard InChI is InChI=1S/C11H16BrNO/c1-8(14)7-13-9(2)10-3-5-11(12)6-4-10/h3-6,8-9,13-14H,7H2,1-2H3/t8-,9+/m1/s1. The maximum absolute atomic E-state index is 9.12. The Kier molecular flexibility index (Phi) is 4.58. The largest absolute Gasteiger partial charge is 0.392 e. The summed E-state index contributed by atoms with van der Waals surface area (Å²) < 4.78 is 1.09. The van der Waals surface area contributed by atoms with Gasteiger partial charge in [-0.1, -0.05) is 28.1 Å². The van der Waals surface area contributed by atoms with Gasteiger partial charge in [-0.25, -0.2) is 0 Å². The van der Waals surface area contributed by atoms with Crippen LogP contribution in [0.1, 0.15) is 25.5 Å². The van der Waals surface area contributed by atoms with Crippen LogP contribution < -0.4 is 5.32 Å². The van der Waals surface area contributed by atoms with Gasteiger partial charge in [0.15, 0.2) is 0 Å². The summed E-state index contributed by atoms with van der Waals surface area (Å²) in [5.41, 5.74) is 1.23. The van der Waals surface area contributed by atoms with Crippen molar-refractivity contribution in [1.82, 2.24) is 5.32 Å². The number of rotatable bonds is 4. The highest BCUT2D eigenvalue weighted by Crippen LogP contribution is 2.16. The molecule has 2 N–H and O–H groups in total. The number of nitrogens with one attached hydrogen (secondary N) is 1. The summed E-state index contributed by atoms with van der Waals surface area (Å²) in [4.78, 5) is 0. The molecular weight excluding hydrogens is 242 g/mol. The number of halogens is 1. The number of benzene rings is 1. The van der Waals surface area contributed by atoms with Gasteiger partial charge in [0.25, 0.3) is 0 Å². The molecule has 1 aromatic carbocycles. The van der Waals surface area contributed by atoms with E-state index in [1.807, 2.05) is 12.1 Å². The van der Waals surface area contributed by atoms with E-state index in [2.05, 4.69) is 40.3 Å². The van der Waals surface area contributed by atoms with Crippen molar-refractivity contribution in [2.75, 3.05) is 6.54 Å². The molecule has 2 atom stereocenters. The molecule has 0 amide bonds. The second-order valence-corrected chi connectivity index (χ2v) is 4.45. The Bertz CT molecular complexity index is 271. The lowest BCUT2D eigenvalue weighted by molar-refractivity contribution is 0.187. The van der Waals surface area contributed by atoms with E-state index >= 15 is 0 Å². The predicted octanol–water partition coefficient (Wildman–Crippen LogP) is 2.48. The Labute approximate surface area is 93.5 Å². The minimum absolute atomic E-state index is 0.276. The lowest BCUT2D eigenvalue weighted by atomic mass is 10.1. The van der Waals surface area contributed by atoms with Crippen LogP contribution in [0.5, 0.6) is 0 Å². The van der Waals surface area contributed by atoms with Gasteiger partial charge in [0.1, 0.15) is 0 Å². The highest BCUT2D eigenvalue weighted by atomic mass is 79.9. The maximum Gasteiger partial charge on any atom is 0.0636 e. The van der Waals surface area contributed by atoms with Crippen LogP contribution in [0.15, 0.2) is 28.7 Å². The summed E-state index contributed by atoms with van der Waals surface area (Å²) in [6.45, 7) is 4.49. The third kappa shape index (κ3) is 3.78. The van der Waals surface area contributed by atoms with Gasteiger partial charge in [-0.05, 0) is 31.5 Å². The third-order valence-electron chi connectivity index (χ3n) is 2.09. The highest BCUT2D eigenvalue weighted by Gasteiger charge is 2.05. The summed E-state index contributed by atoms with van der Waals surface area (Å²) in [6, 6.07) is 8.47. The van der Waals surface area contributed by atoms with Crippen molar-refractivity contribution in [2.24, 2.45) is 0 Å². The molecule has 1 aromatic rings. The van der Waals surface area contributed by atoms with Crippen LogP contribution in [0.3, 0.4) is 0 Å². The molecule has 0 saturated carbocycles. The van der Waals surface area contributed by atoms with Gasteiger partial charge in [0, 0.05) is 17.1 Å². The Balaban J connectivity index is 2.52. The molecule has 0 aliphatic heterocycles. The summed E-state index contributed by atoms with van der Waals surface area (Å²) in [7, 11) is 0. The van der Waals surface area contributed by atoms with Crippen molar-refractivity contribution in [3.05, 3.63) is 34.3 Å². The van der Waals surface area contributed by atoms with Crippen molar-refractivity contribution in [3.63, 3.8) is 0 Å². The average molecular weight is 258 g/mol. The minimum atomic E-state index is -0.298. The smallest absolute Gasteiger partial charge is 0.0636 e. The van der Waals surface area contributed by atoms with Crippen molar-refractivity contribution in [1.29, 1.82) is 0 Å². The van der Waals surface area contributed by atoms with Crippen LogP contribution in [0, 0.1) is 0 Å². The van der Waals surface area contributed by atoms with Gasteiger partial charge >= 0.3 is 0 Å². The molecule has 0 aliphatic carbocycles.